The highest BCUT2D eigenvalue weighted by molar-refractivity contribution is 7.97. The van der Waals surface area contributed by atoms with Crippen LogP contribution in [0.2, 0.25) is 0 Å². The van der Waals surface area contributed by atoms with Crippen molar-refractivity contribution in [1.82, 2.24) is 0 Å². The molecule has 0 aliphatic rings. The maximum Gasteiger partial charge on any atom is 0.113 e. The van der Waals surface area contributed by atoms with E-state index >= 15 is 0 Å². The van der Waals surface area contributed by atoms with Crippen molar-refractivity contribution in [3.63, 3.8) is 0 Å². The molecule has 1 heterocycles. The number of nitrogens with two attached hydrogens (primary N) is 1. The lowest BCUT2D eigenvalue weighted by molar-refractivity contribution is 0.530. The number of hydrogen-bond acceptors (Lipinski definition) is 3. The van der Waals surface area contributed by atoms with Crippen LogP contribution in [-0.4, -0.2) is 6.54 Å². The van der Waals surface area contributed by atoms with Crippen molar-refractivity contribution in [1.29, 1.82) is 0 Å². The van der Waals surface area contributed by atoms with Crippen LogP contribution in [0, 0.1) is 11.8 Å². The van der Waals surface area contributed by atoms with E-state index < -0.39 is 0 Å². The van der Waals surface area contributed by atoms with Crippen molar-refractivity contribution in [3.8, 4) is 11.8 Å². The van der Waals surface area contributed by atoms with Crippen LogP contribution >= 0.6 is 11.8 Å². The highest BCUT2D eigenvalue weighted by Crippen LogP contribution is 2.20. The molecule has 92 valence electrons. The zero-order valence-electron chi connectivity index (χ0n) is 10.1. The summed E-state index contributed by atoms with van der Waals surface area (Å²) in [5, 5.41) is 0. The molecule has 0 spiro atoms. The molecule has 18 heavy (non-hydrogen) atoms. The van der Waals surface area contributed by atoms with Gasteiger partial charge in [0, 0.05) is 11.3 Å². The average Bonchev–Trinajstić information content (AvgIpc) is 2.91. The van der Waals surface area contributed by atoms with Gasteiger partial charge in [-0.15, -0.1) is 11.8 Å². The van der Waals surface area contributed by atoms with Gasteiger partial charge in [0.1, 0.15) is 5.76 Å². The van der Waals surface area contributed by atoms with E-state index in [2.05, 4.69) is 17.9 Å². The van der Waals surface area contributed by atoms with E-state index in [-0.39, 0.29) is 0 Å². The van der Waals surface area contributed by atoms with Crippen molar-refractivity contribution in [2.24, 2.45) is 5.73 Å². The molecule has 0 aliphatic carbocycles. The third kappa shape index (κ3) is 3.69. The van der Waals surface area contributed by atoms with Crippen molar-refractivity contribution >= 4 is 11.8 Å². The summed E-state index contributed by atoms with van der Waals surface area (Å²) >= 11 is 1.82. The molecule has 1 aromatic carbocycles. The van der Waals surface area contributed by atoms with E-state index in [1.54, 1.807) is 6.26 Å². The van der Waals surface area contributed by atoms with Crippen LogP contribution in [0.1, 0.15) is 16.9 Å². The molecule has 0 aliphatic heterocycles. The van der Waals surface area contributed by atoms with Gasteiger partial charge in [-0.3, -0.25) is 0 Å². The Hall–Kier alpha value is -1.63. The van der Waals surface area contributed by atoms with Gasteiger partial charge in [0.25, 0.3) is 0 Å². The molecule has 2 rings (SSSR count). The van der Waals surface area contributed by atoms with Crippen LogP contribution < -0.4 is 5.73 Å². The quantitative estimate of drug-likeness (QED) is 0.856. The minimum absolute atomic E-state index is 0.397. The van der Waals surface area contributed by atoms with Gasteiger partial charge in [-0.1, -0.05) is 30.0 Å². The Morgan fingerprint density at radius 2 is 2.00 bits per heavy atom. The zero-order valence-corrected chi connectivity index (χ0v) is 10.9. The fourth-order valence-electron chi connectivity index (χ4n) is 1.57. The van der Waals surface area contributed by atoms with E-state index in [4.69, 9.17) is 10.2 Å². The molecule has 0 radical (unpaired) electrons. The number of furan rings is 1. The number of rotatable bonds is 4. The largest absolute Gasteiger partial charge is 0.468 e. The Morgan fingerprint density at radius 3 is 2.78 bits per heavy atom. The first-order chi connectivity index (χ1) is 8.90. The SMILES string of the molecule is NCC#Cc1ccccc1CSCc1ccco1. The Balaban J connectivity index is 1.96. The van der Waals surface area contributed by atoms with Gasteiger partial charge in [-0.25, -0.2) is 0 Å². The van der Waals surface area contributed by atoms with Crippen LogP contribution in [0.15, 0.2) is 47.1 Å². The fourth-order valence-corrected chi connectivity index (χ4v) is 2.51. The summed E-state index contributed by atoms with van der Waals surface area (Å²) in [4.78, 5) is 0. The highest BCUT2D eigenvalue weighted by Gasteiger charge is 2.01. The Morgan fingerprint density at radius 1 is 1.11 bits per heavy atom. The van der Waals surface area contributed by atoms with E-state index in [0.29, 0.717) is 6.54 Å². The molecule has 0 saturated carbocycles. The van der Waals surface area contributed by atoms with Gasteiger partial charge < -0.3 is 10.2 Å². The van der Waals surface area contributed by atoms with E-state index in [1.807, 2.05) is 42.1 Å². The predicted molar refractivity (Wildman–Crippen MR) is 76.1 cm³/mol. The molecule has 1 aromatic heterocycles. The van der Waals surface area contributed by atoms with Gasteiger partial charge >= 0.3 is 0 Å². The first-order valence-corrected chi connectivity index (χ1v) is 6.92. The predicted octanol–water partition coefficient (Wildman–Crippen LogP) is 3.02. The molecule has 0 atom stereocenters. The lowest BCUT2D eigenvalue weighted by Crippen LogP contribution is -1.94. The molecule has 0 saturated heterocycles. The molecule has 2 nitrogen and oxygen atoms in total. The van der Waals surface area contributed by atoms with Gasteiger partial charge in [0.15, 0.2) is 0 Å². The molecule has 0 amide bonds. The molecule has 0 bridgehead atoms. The van der Waals surface area contributed by atoms with Crippen molar-refractivity contribution in [3.05, 3.63) is 59.5 Å². The summed E-state index contributed by atoms with van der Waals surface area (Å²) in [6.07, 6.45) is 1.70. The molecule has 2 N–H and O–H groups in total. The van der Waals surface area contributed by atoms with Gasteiger partial charge in [-0.05, 0) is 23.8 Å². The summed E-state index contributed by atoms with van der Waals surface area (Å²) in [6.45, 7) is 0.397. The molecule has 0 fully saturated rings. The van der Waals surface area contributed by atoms with Gasteiger partial charge in [0.2, 0.25) is 0 Å². The third-order valence-electron chi connectivity index (χ3n) is 2.42. The lowest BCUT2D eigenvalue weighted by atomic mass is 10.1. The second-order valence-electron chi connectivity index (χ2n) is 3.74. The summed E-state index contributed by atoms with van der Waals surface area (Å²) in [7, 11) is 0. The summed E-state index contributed by atoms with van der Waals surface area (Å²) in [5.41, 5.74) is 7.71. The fraction of sp³-hybridized carbons (Fsp3) is 0.200. The second-order valence-corrected chi connectivity index (χ2v) is 4.72. The molecule has 3 heteroatoms. The third-order valence-corrected chi connectivity index (χ3v) is 3.43. The first-order valence-electron chi connectivity index (χ1n) is 5.77. The van der Waals surface area contributed by atoms with Gasteiger partial charge in [-0.2, -0.15) is 0 Å². The van der Waals surface area contributed by atoms with Crippen LogP contribution in [-0.2, 0) is 11.5 Å². The normalized spacial score (nSPS) is 9.83. The number of benzene rings is 1. The molecule has 2 aromatic rings. The maximum atomic E-state index is 5.40. The highest BCUT2D eigenvalue weighted by atomic mass is 32.2. The monoisotopic (exact) mass is 257 g/mol. The topological polar surface area (TPSA) is 39.2 Å². The maximum absolute atomic E-state index is 5.40. The number of hydrogen-bond donors (Lipinski definition) is 1. The van der Waals surface area contributed by atoms with Gasteiger partial charge in [0.05, 0.1) is 18.6 Å². The summed E-state index contributed by atoms with van der Waals surface area (Å²) in [6, 6.07) is 12.1. The van der Waals surface area contributed by atoms with E-state index in [1.165, 1.54) is 5.56 Å². The molecule has 0 unspecified atom stereocenters. The summed E-state index contributed by atoms with van der Waals surface area (Å²) in [5.74, 6) is 8.82. The molecular formula is C15H15NOS. The lowest BCUT2D eigenvalue weighted by Gasteiger charge is -2.03. The minimum atomic E-state index is 0.397. The Bertz CT molecular complexity index is 537. The Labute approximate surface area is 112 Å². The number of thioether (sulfide) groups is 1. The van der Waals surface area contributed by atoms with Crippen LogP contribution in [0.4, 0.5) is 0 Å². The Kier molecular flexibility index (Phi) is 4.95. The first kappa shape index (κ1) is 12.8. The summed E-state index contributed by atoms with van der Waals surface area (Å²) < 4.78 is 5.30. The zero-order chi connectivity index (χ0) is 12.6. The average molecular weight is 257 g/mol. The minimum Gasteiger partial charge on any atom is -0.468 e. The molecular weight excluding hydrogens is 242 g/mol. The standard InChI is InChI=1S/C15H15NOS/c16-9-3-7-13-5-1-2-6-14(13)11-18-12-15-8-4-10-17-15/h1-2,4-6,8,10H,9,11-12,16H2. The van der Waals surface area contributed by atoms with Crippen molar-refractivity contribution in [2.75, 3.05) is 6.54 Å². The van der Waals surface area contributed by atoms with Crippen molar-refractivity contribution < 1.29 is 4.42 Å². The van der Waals surface area contributed by atoms with Crippen molar-refractivity contribution in [2.45, 2.75) is 11.5 Å². The van der Waals surface area contributed by atoms with Crippen LogP contribution in [0.3, 0.4) is 0 Å². The van der Waals surface area contributed by atoms with Crippen LogP contribution in [0.5, 0.6) is 0 Å². The van der Waals surface area contributed by atoms with E-state index in [0.717, 1.165) is 22.8 Å². The van der Waals surface area contributed by atoms with E-state index in [9.17, 15) is 0 Å². The smallest absolute Gasteiger partial charge is 0.113 e. The second kappa shape index (κ2) is 6.95. The van der Waals surface area contributed by atoms with Crippen LogP contribution in [0.25, 0.3) is 0 Å².